The lowest BCUT2D eigenvalue weighted by Crippen LogP contribution is -2.48. The molecule has 0 spiro atoms. The van der Waals surface area contributed by atoms with Gasteiger partial charge in [-0.1, -0.05) is 67.0 Å². The Kier molecular flexibility index (Phi) is 16.2. The minimum Gasteiger partial charge on any atom is -0.475 e. The van der Waals surface area contributed by atoms with Gasteiger partial charge in [-0.2, -0.15) is 13.2 Å². The van der Waals surface area contributed by atoms with Gasteiger partial charge >= 0.3 is 12.1 Å². The third-order valence-electron chi connectivity index (χ3n) is 7.36. The maximum atomic E-state index is 14.9. The van der Waals surface area contributed by atoms with Gasteiger partial charge < -0.3 is 36.0 Å². The van der Waals surface area contributed by atoms with Crippen LogP contribution in [0, 0.1) is 17.0 Å². The number of carbonyl (C=O) groups is 4. The van der Waals surface area contributed by atoms with Crippen LogP contribution < -0.4 is 16.4 Å². The van der Waals surface area contributed by atoms with E-state index in [2.05, 4.69) is 26.6 Å². The number of hydrogen-bond acceptors (Lipinski definition) is 6. The highest BCUT2D eigenvalue weighted by Gasteiger charge is 2.39. The van der Waals surface area contributed by atoms with E-state index >= 15 is 0 Å². The molecule has 1 aromatic heterocycles. The fraction of sp³-hybridized carbons (Fsp3) is 0.412. The molecule has 0 unspecified atom stereocenters. The highest BCUT2D eigenvalue weighted by atomic mass is 79.9. The Bertz CT molecular complexity index is 1630. The molecule has 1 heterocycles. The highest BCUT2D eigenvalue weighted by molar-refractivity contribution is 9.09. The van der Waals surface area contributed by atoms with Crippen molar-refractivity contribution in [3.05, 3.63) is 83.7 Å². The zero-order valence-corrected chi connectivity index (χ0v) is 29.7. The molecule has 0 aliphatic rings. The Morgan fingerprint density at radius 3 is 2.14 bits per heavy atom. The lowest BCUT2D eigenvalue weighted by atomic mass is 9.82. The van der Waals surface area contributed by atoms with E-state index in [4.69, 9.17) is 15.6 Å². The Hall–Kier alpha value is -4.35. The number of hydrogen-bond donors (Lipinski definition) is 5. The predicted octanol–water partition coefficient (Wildman–Crippen LogP) is 4.37. The summed E-state index contributed by atoms with van der Waals surface area (Å²) in [7, 11) is 0. The lowest BCUT2D eigenvalue weighted by Gasteiger charge is -2.41. The number of amides is 3. The molecule has 0 radical (unpaired) electrons. The highest BCUT2D eigenvalue weighted by Crippen LogP contribution is 2.41. The summed E-state index contributed by atoms with van der Waals surface area (Å²) in [5.41, 5.74) is 7.68. The molecular formula is C34H41BrF5N5O6. The average molecular weight is 791 g/mol. The van der Waals surface area contributed by atoms with Crippen LogP contribution in [-0.2, 0) is 25.7 Å². The topological polar surface area (TPSA) is 167 Å². The molecule has 2 aromatic carbocycles. The number of aliphatic carboxylic acids is 1. The first-order chi connectivity index (χ1) is 23.8. The summed E-state index contributed by atoms with van der Waals surface area (Å²) in [5, 5.41) is 22.5. The summed E-state index contributed by atoms with van der Waals surface area (Å²) >= 11 is 3.05. The van der Waals surface area contributed by atoms with E-state index in [-0.39, 0.29) is 42.9 Å². The third-order valence-corrected chi connectivity index (χ3v) is 7.87. The first kappa shape index (κ1) is 42.8. The first-order valence-electron chi connectivity index (χ1n) is 15.6. The van der Waals surface area contributed by atoms with Crippen molar-refractivity contribution in [2.24, 2.45) is 11.1 Å². The maximum Gasteiger partial charge on any atom is 0.490 e. The number of nitrogens with one attached hydrogen (secondary N) is 2. The molecule has 0 bridgehead atoms. The molecule has 11 nitrogen and oxygen atoms in total. The van der Waals surface area contributed by atoms with Gasteiger partial charge in [-0.3, -0.25) is 14.4 Å². The van der Waals surface area contributed by atoms with Gasteiger partial charge in [0, 0.05) is 49.2 Å². The molecular weight excluding hydrogens is 749 g/mol. The van der Waals surface area contributed by atoms with E-state index in [1.54, 1.807) is 12.3 Å². The molecule has 3 amide bonds. The van der Waals surface area contributed by atoms with Gasteiger partial charge in [-0.05, 0) is 41.7 Å². The molecule has 0 saturated carbocycles. The molecule has 0 aliphatic heterocycles. The van der Waals surface area contributed by atoms with Crippen LogP contribution in [-0.4, -0.2) is 87.2 Å². The number of carbonyl (C=O) groups excluding carboxylic acids is 3. The van der Waals surface area contributed by atoms with Crippen LogP contribution in [0.1, 0.15) is 44.5 Å². The van der Waals surface area contributed by atoms with Gasteiger partial charge in [0.15, 0.2) is 0 Å². The monoisotopic (exact) mass is 789 g/mol. The summed E-state index contributed by atoms with van der Waals surface area (Å²) in [6.45, 7) is 5.87. The van der Waals surface area contributed by atoms with Gasteiger partial charge in [-0.25, -0.2) is 13.6 Å². The van der Waals surface area contributed by atoms with Crippen molar-refractivity contribution in [1.29, 1.82) is 0 Å². The number of aromatic nitrogens is 1. The minimum atomic E-state index is -5.08. The van der Waals surface area contributed by atoms with Crippen LogP contribution in [0.25, 0.3) is 11.1 Å². The average Bonchev–Trinajstić information content (AvgIpc) is 3.46. The van der Waals surface area contributed by atoms with Crippen molar-refractivity contribution in [2.45, 2.75) is 52.0 Å². The van der Waals surface area contributed by atoms with E-state index in [1.165, 1.54) is 4.90 Å². The van der Waals surface area contributed by atoms with Gasteiger partial charge in [0.2, 0.25) is 17.7 Å². The fourth-order valence-corrected chi connectivity index (χ4v) is 5.27. The van der Waals surface area contributed by atoms with E-state index in [0.717, 1.165) is 23.8 Å². The molecule has 51 heavy (non-hydrogen) atoms. The maximum absolute atomic E-state index is 14.9. The fourth-order valence-electron chi connectivity index (χ4n) is 5.08. The number of rotatable bonds is 14. The van der Waals surface area contributed by atoms with Crippen molar-refractivity contribution in [2.75, 3.05) is 31.6 Å². The van der Waals surface area contributed by atoms with E-state index in [0.29, 0.717) is 17.8 Å². The van der Waals surface area contributed by atoms with Crippen LogP contribution in [0.2, 0.25) is 0 Å². The number of carboxylic acids is 1. The third kappa shape index (κ3) is 13.4. The van der Waals surface area contributed by atoms with Crippen molar-refractivity contribution in [1.82, 2.24) is 20.1 Å². The SMILES string of the molecule is CC(C)(C)[C@H](c1cc(-c2cc(F)ccc2F)cn1Cc1ccccc1)N(CC[C@H](N)C(=O)NCCNC(=O)CBr)C(=O)CO.O=C(O)C(F)(F)F. The number of aliphatic hydroxyl groups is 1. The van der Waals surface area contributed by atoms with Crippen LogP contribution in [0.15, 0.2) is 60.8 Å². The summed E-state index contributed by atoms with van der Waals surface area (Å²) in [4.78, 5) is 47.7. The molecule has 0 fully saturated rings. The van der Waals surface area contributed by atoms with E-state index in [1.807, 2.05) is 55.7 Å². The molecule has 17 heteroatoms. The zero-order valence-electron chi connectivity index (χ0n) is 28.1. The Morgan fingerprint density at radius 1 is 0.980 bits per heavy atom. The largest absolute Gasteiger partial charge is 0.490 e. The number of nitrogens with two attached hydrogens (primary N) is 1. The summed E-state index contributed by atoms with van der Waals surface area (Å²) in [6.07, 6.45) is -3.27. The van der Waals surface area contributed by atoms with Crippen molar-refractivity contribution in [3.8, 4) is 11.1 Å². The van der Waals surface area contributed by atoms with E-state index in [9.17, 15) is 41.4 Å². The van der Waals surface area contributed by atoms with Crippen molar-refractivity contribution in [3.63, 3.8) is 0 Å². The minimum absolute atomic E-state index is 0.0381. The molecule has 0 saturated heterocycles. The van der Waals surface area contributed by atoms with Gasteiger partial charge in [-0.15, -0.1) is 0 Å². The molecule has 6 N–H and O–H groups in total. The Labute approximate surface area is 300 Å². The predicted molar refractivity (Wildman–Crippen MR) is 182 cm³/mol. The number of carboxylic acid groups (broad SMARTS) is 1. The number of benzene rings is 2. The lowest BCUT2D eigenvalue weighted by molar-refractivity contribution is -0.192. The van der Waals surface area contributed by atoms with Crippen molar-refractivity contribution >= 4 is 39.6 Å². The standard InChI is InChI=1S/C32H40BrF2N5O4.C2HF3O2/c1-32(2,3)30(40(29(43)20-41)14-11-26(36)31(44)38-13-12-37-28(42)17-33)27-15-22(24-16-23(34)9-10-25(24)35)19-39(27)18-21-7-5-4-6-8-21;3-2(4,5)1(6)7/h4-10,15-16,19,26,30,41H,11-14,17-18,20,36H2,1-3H3,(H,37,42)(H,38,44);(H,6,7)/t26-,30-;/m0./s1. The van der Waals surface area contributed by atoms with Crippen LogP contribution in [0.5, 0.6) is 0 Å². The van der Waals surface area contributed by atoms with Crippen LogP contribution in [0.3, 0.4) is 0 Å². The zero-order chi connectivity index (χ0) is 38.5. The van der Waals surface area contributed by atoms with Gasteiger partial charge in [0.1, 0.15) is 18.2 Å². The Balaban J connectivity index is 0.00000116. The van der Waals surface area contributed by atoms with Crippen molar-refractivity contribution < 1.29 is 51.3 Å². The normalized spacial score (nSPS) is 12.6. The quantitative estimate of drug-likeness (QED) is 0.0919. The summed E-state index contributed by atoms with van der Waals surface area (Å²) in [5.74, 6) is -5.16. The molecule has 2 atom stereocenters. The Morgan fingerprint density at radius 2 is 1.59 bits per heavy atom. The summed E-state index contributed by atoms with van der Waals surface area (Å²) in [6, 6.07) is 13.0. The number of aliphatic hydroxyl groups excluding tert-OH is 1. The number of alkyl halides is 4. The second kappa shape index (κ2) is 19.3. The second-order valence-electron chi connectivity index (χ2n) is 12.4. The summed E-state index contributed by atoms with van der Waals surface area (Å²) < 4.78 is 62.7. The van der Waals surface area contributed by atoms with Gasteiger partial charge in [0.05, 0.1) is 17.4 Å². The van der Waals surface area contributed by atoms with E-state index < -0.39 is 59.7 Å². The number of nitrogens with zero attached hydrogens (tertiary/aromatic N) is 2. The van der Waals surface area contributed by atoms with Gasteiger partial charge in [0.25, 0.3) is 0 Å². The number of halogens is 6. The van der Waals surface area contributed by atoms with Crippen LogP contribution >= 0.6 is 15.9 Å². The molecule has 3 rings (SSSR count). The first-order valence-corrected chi connectivity index (χ1v) is 16.7. The molecule has 0 aliphatic carbocycles. The van der Waals surface area contributed by atoms with Crippen LogP contribution in [0.4, 0.5) is 22.0 Å². The smallest absolute Gasteiger partial charge is 0.475 e. The molecule has 280 valence electrons. The second-order valence-corrected chi connectivity index (χ2v) is 12.9. The molecule has 3 aromatic rings.